The average molecular weight is 349 g/mol. The zero-order valence-corrected chi connectivity index (χ0v) is 14.5. The highest BCUT2D eigenvalue weighted by Gasteiger charge is 2.19. The van der Waals surface area contributed by atoms with E-state index in [-0.39, 0.29) is 5.91 Å². The molecular formula is C18H15N5OS. The summed E-state index contributed by atoms with van der Waals surface area (Å²) in [4.78, 5) is 28.1. The Morgan fingerprint density at radius 2 is 2.12 bits per heavy atom. The van der Waals surface area contributed by atoms with E-state index in [1.165, 1.54) is 6.92 Å². The van der Waals surface area contributed by atoms with Crippen LogP contribution in [0.15, 0.2) is 42.0 Å². The van der Waals surface area contributed by atoms with E-state index >= 15 is 0 Å². The van der Waals surface area contributed by atoms with Crippen LogP contribution < -0.4 is 5.32 Å². The SMILES string of the molecule is CC(=O)Nc1cc(-c2[nH]c3cccnc3c2-c2nc(C)cs2)ccn1. The monoisotopic (exact) mass is 349 g/mol. The first-order chi connectivity index (χ1) is 12.1. The number of fused-ring (bicyclic) bond motifs is 1. The Bertz CT molecular complexity index is 1080. The van der Waals surface area contributed by atoms with E-state index in [1.807, 2.05) is 36.6 Å². The maximum absolute atomic E-state index is 11.3. The van der Waals surface area contributed by atoms with Crippen LogP contribution in [0, 0.1) is 6.92 Å². The number of pyridine rings is 2. The van der Waals surface area contributed by atoms with Gasteiger partial charge in [-0.25, -0.2) is 9.97 Å². The number of aryl methyl sites for hydroxylation is 1. The zero-order chi connectivity index (χ0) is 17.4. The van der Waals surface area contributed by atoms with Crippen molar-refractivity contribution in [3.63, 3.8) is 0 Å². The van der Waals surface area contributed by atoms with Gasteiger partial charge in [0.25, 0.3) is 0 Å². The van der Waals surface area contributed by atoms with Crippen LogP contribution in [-0.4, -0.2) is 25.8 Å². The van der Waals surface area contributed by atoms with E-state index in [2.05, 4.69) is 25.3 Å². The number of hydrogen-bond donors (Lipinski definition) is 2. The molecule has 0 aliphatic carbocycles. The van der Waals surface area contributed by atoms with E-state index in [9.17, 15) is 4.79 Å². The number of carbonyl (C=O) groups excluding carboxylic acids is 1. The van der Waals surface area contributed by atoms with Crippen LogP contribution in [0.25, 0.3) is 32.9 Å². The Balaban J connectivity index is 1.94. The zero-order valence-electron chi connectivity index (χ0n) is 13.7. The Morgan fingerprint density at radius 1 is 1.24 bits per heavy atom. The summed E-state index contributed by atoms with van der Waals surface area (Å²) < 4.78 is 0. The molecule has 0 fully saturated rings. The number of rotatable bonds is 3. The molecule has 7 heteroatoms. The predicted molar refractivity (Wildman–Crippen MR) is 99.5 cm³/mol. The number of aromatic amines is 1. The lowest BCUT2D eigenvalue weighted by Gasteiger charge is -2.05. The molecule has 4 rings (SSSR count). The van der Waals surface area contributed by atoms with Crippen LogP contribution in [-0.2, 0) is 4.79 Å². The third kappa shape index (κ3) is 2.89. The topological polar surface area (TPSA) is 83.6 Å². The van der Waals surface area contributed by atoms with Gasteiger partial charge in [0.2, 0.25) is 5.91 Å². The van der Waals surface area contributed by atoms with Gasteiger partial charge in [0.1, 0.15) is 10.8 Å². The van der Waals surface area contributed by atoms with Crippen LogP contribution in [0.1, 0.15) is 12.6 Å². The fraction of sp³-hybridized carbons (Fsp3) is 0.111. The molecule has 0 aromatic carbocycles. The molecule has 4 aromatic rings. The number of nitrogens with one attached hydrogen (secondary N) is 2. The minimum absolute atomic E-state index is 0.154. The van der Waals surface area contributed by atoms with E-state index in [4.69, 9.17) is 0 Å². The minimum atomic E-state index is -0.154. The molecule has 0 saturated carbocycles. The lowest BCUT2D eigenvalue weighted by atomic mass is 10.1. The number of H-pyrrole nitrogens is 1. The predicted octanol–water partition coefficient (Wildman–Crippen LogP) is 4.02. The Morgan fingerprint density at radius 3 is 2.88 bits per heavy atom. The number of aromatic nitrogens is 4. The Hall–Kier alpha value is -3.06. The highest BCUT2D eigenvalue weighted by molar-refractivity contribution is 7.13. The van der Waals surface area contributed by atoms with Gasteiger partial charge >= 0.3 is 0 Å². The summed E-state index contributed by atoms with van der Waals surface area (Å²) in [5.74, 6) is 0.358. The molecule has 6 nitrogen and oxygen atoms in total. The molecular weight excluding hydrogens is 334 g/mol. The normalized spacial score (nSPS) is 11.0. The van der Waals surface area contributed by atoms with Crippen molar-refractivity contribution in [3.8, 4) is 21.8 Å². The number of nitrogens with zero attached hydrogens (tertiary/aromatic N) is 3. The van der Waals surface area contributed by atoms with Crippen molar-refractivity contribution < 1.29 is 4.79 Å². The molecule has 0 saturated heterocycles. The van der Waals surface area contributed by atoms with E-state index in [1.54, 1.807) is 23.7 Å². The van der Waals surface area contributed by atoms with Gasteiger partial charge in [0.15, 0.2) is 0 Å². The highest BCUT2D eigenvalue weighted by Crippen LogP contribution is 2.38. The fourth-order valence-electron chi connectivity index (χ4n) is 2.75. The molecule has 4 heterocycles. The first-order valence-corrected chi connectivity index (χ1v) is 8.63. The third-order valence-electron chi connectivity index (χ3n) is 3.74. The molecule has 0 unspecified atom stereocenters. The van der Waals surface area contributed by atoms with Crippen LogP contribution in [0.5, 0.6) is 0 Å². The molecule has 124 valence electrons. The van der Waals surface area contributed by atoms with Crippen LogP contribution >= 0.6 is 11.3 Å². The minimum Gasteiger partial charge on any atom is -0.353 e. The van der Waals surface area contributed by atoms with E-state index in [0.717, 1.165) is 38.6 Å². The van der Waals surface area contributed by atoms with Crippen molar-refractivity contribution in [1.29, 1.82) is 0 Å². The van der Waals surface area contributed by atoms with Crippen molar-refractivity contribution in [2.24, 2.45) is 0 Å². The molecule has 25 heavy (non-hydrogen) atoms. The largest absolute Gasteiger partial charge is 0.353 e. The summed E-state index contributed by atoms with van der Waals surface area (Å²) in [5, 5.41) is 5.66. The number of amides is 1. The molecule has 4 aromatic heterocycles. The maximum atomic E-state index is 11.3. The second-order valence-electron chi connectivity index (χ2n) is 5.68. The second kappa shape index (κ2) is 6.10. The summed E-state index contributed by atoms with van der Waals surface area (Å²) in [5.41, 5.74) is 5.60. The van der Waals surface area contributed by atoms with Crippen molar-refractivity contribution >= 4 is 34.1 Å². The van der Waals surface area contributed by atoms with Gasteiger partial charge in [-0.2, -0.15) is 0 Å². The standard InChI is InChI=1S/C18H15N5OS/c1-10-9-25-18(21-10)15-16(23-13-4-3-6-20-17(13)15)12-5-7-19-14(8-12)22-11(2)24/h3-9,23H,1-2H3,(H,19,22,24). The highest BCUT2D eigenvalue weighted by atomic mass is 32.1. The lowest BCUT2D eigenvalue weighted by Crippen LogP contribution is -2.07. The van der Waals surface area contributed by atoms with Gasteiger partial charge in [-0.3, -0.25) is 9.78 Å². The molecule has 0 radical (unpaired) electrons. The Labute approximate surface area is 148 Å². The molecule has 0 spiro atoms. The third-order valence-corrected chi connectivity index (χ3v) is 4.72. The molecule has 0 aliphatic heterocycles. The van der Waals surface area contributed by atoms with Gasteiger partial charge in [0, 0.05) is 36.0 Å². The summed E-state index contributed by atoms with van der Waals surface area (Å²) in [6.45, 7) is 3.44. The maximum Gasteiger partial charge on any atom is 0.222 e. The number of hydrogen-bond acceptors (Lipinski definition) is 5. The summed E-state index contributed by atoms with van der Waals surface area (Å²) >= 11 is 1.59. The van der Waals surface area contributed by atoms with Crippen molar-refractivity contribution in [3.05, 3.63) is 47.7 Å². The van der Waals surface area contributed by atoms with Crippen molar-refractivity contribution in [1.82, 2.24) is 19.9 Å². The van der Waals surface area contributed by atoms with Gasteiger partial charge < -0.3 is 10.3 Å². The number of anilines is 1. The van der Waals surface area contributed by atoms with Gasteiger partial charge in [-0.1, -0.05) is 0 Å². The van der Waals surface area contributed by atoms with Crippen LogP contribution in [0.3, 0.4) is 0 Å². The molecule has 1 amide bonds. The van der Waals surface area contributed by atoms with E-state index in [0.29, 0.717) is 5.82 Å². The molecule has 0 aliphatic rings. The van der Waals surface area contributed by atoms with Crippen LogP contribution in [0.2, 0.25) is 0 Å². The number of thiazole rings is 1. The molecule has 0 bridgehead atoms. The lowest BCUT2D eigenvalue weighted by molar-refractivity contribution is -0.114. The molecule has 2 N–H and O–H groups in total. The molecule has 0 atom stereocenters. The Kier molecular flexibility index (Phi) is 3.77. The average Bonchev–Trinajstić information content (AvgIpc) is 3.17. The van der Waals surface area contributed by atoms with Crippen molar-refractivity contribution in [2.45, 2.75) is 13.8 Å². The number of carbonyl (C=O) groups is 1. The van der Waals surface area contributed by atoms with E-state index < -0.39 is 0 Å². The first kappa shape index (κ1) is 15.5. The summed E-state index contributed by atoms with van der Waals surface area (Å²) in [6.07, 6.45) is 3.45. The van der Waals surface area contributed by atoms with Gasteiger partial charge in [-0.05, 0) is 31.2 Å². The van der Waals surface area contributed by atoms with Gasteiger partial charge in [0.05, 0.1) is 22.3 Å². The smallest absolute Gasteiger partial charge is 0.222 e. The van der Waals surface area contributed by atoms with Crippen molar-refractivity contribution in [2.75, 3.05) is 5.32 Å². The first-order valence-electron chi connectivity index (χ1n) is 7.75. The quantitative estimate of drug-likeness (QED) is 0.585. The second-order valence-corrected chi connectivity index (χ2v) is 6.54. The van der Waals surface area contributed by atoms with Gasteiger partial charge in [-0.15, -0.1) is 11.3 Å². The van der Waals surface area contributed by atoms with Crippen LogP contribution in [0.4, 0.5) is 5.82 Å². The fourth-order valence-corrected chi connectivity index (χ4v) is 3.60. The summed E-state index contributed by atoms with van der Waals surface area (Å²) in [6, 6.07) is 7.64. The summed E-state index contributed by atoms with van der Waals surface area (Å²) in [7, 11) is 0.